The fraction of sp³-hybridized carbons (Fsp3) is 0.783. The molecule has 0 unspecified atom stereocenters. The van der Waals surface area contributed by atoms with Gasteiger partial charge in [0.1, 0.15) is 11.5 Å². The maximum Gasteiger partial charge on any atom is 0.139 e. The first-order valence-corrected chi connectivity index (χ1v) is 12.5. The van der Waals surface area contributed by atoms with Crippen molar-refractivity contribution in [2.45, 2.75) is 52.4 Å². The molecule has 27 heavy (non-hydrogen) atoms. The monoisotopic (exact) mass is 502 g/mol. The minimum atomic E-state index is -0.0465. The van der Waals surface area contributed by atoms with Crippen LogP contribution in [0.25, 0.3) is 0 Å². The predicted molar refractivity (Wildman–Crippen MR) is 110 cm³/mol. The Morgan fingerprint density at radius 2 is 1.96 bits per heavy atom. The number of hydrogen-bond donors (Lipinski definition) is 0. The SMILES string of the molecule is COC1=CC2=CC[C@H]3[C@@H]4[C@H](C[S+](C)C)CC(=O)[C@@]4(C)CC[C@@H]3[C@@]2(C)CC1.[I-]. The van der Waals surface area contributed by atoms with E-state index in [0.717, 1.165) is 37.4 Å². The van der Waals surface area contributed by atoms with Gasteiger partial charge in [0.25, 0.3) is 0 Å². The van der Waals surface area contributed by atoms with Crippen LogP contribution >= 0.6 is 0 Å². The molecule has 2 nitrogen and oxygen atoms in total. The van der Waals surface area contributed by atoms with E-state index in [-0.39, 0.29) is 34.8 Å². The molecule has 6 atom stereocenters. The summed E-state index contributed by atoms with van der Waals surface area (Å²) >= 11 is 0. The highest BCUT2D eigenvalue weighted by Gasteiger charge is 2.61. The number of methoxy groups -OCH3 is 1. The first-order valence-electron chi connectivity index (χ1n) is 10.3. The maximum atomic E-state index is 13.0. The number of carbonyl (C=O) groups excluding carboxylic acids is 1. The van der Waals surface area contributed by atoms with E-state index in [9.17, 15) is 4.79 Å². The molecule has 0 aromatic rings. The van der Waals surface area contributed by atoms with Gasteiger partial charge >= 0.3 is 0 Å². The van der Waals surface area contributed by atoms with E-state index in [1.165, 1.54) is 24.2 Å². The summed E-state index contributed by atoms with van der Waals surface area (Å²) in [5, 5.41) is 0. The third-order valence-corrected chi connectivity index (χ3v) is 9.48. The highest BCUT2D eigenvalue weighted by atomic mass is 127. The number of allylic oxidation sites excluding steroid dienone is 4. The number of rotatable bonds is 3. The summed E-state index contributed by atoms with van der Waals surface area (Å²) < 4.78 is 5.56. The first-order chi connectivity index (χ1) is 12.3. The number of hydrogen-bond acceptors (Lipinski definition) is 2. The average molecular weight is 503 g/mol. The summed E-state index contributed by atoms with van der Waals surface area (Å²) in [7, 11) is 2.22. The third kappa shape index (κ3) is 3.35. The molecule has 0 amide bonds. The van der Waals surface area contributed by atoms with Crippen LogP contribution in [0, 0.1) is 34.5 Å². The lowest BCUT2D eigenvalue weighted by atomic mass is 9.48. The van der Waals surface area contributed by atoms with Crippen molar-refractivity contribution in [3.8, 4) is 0 Å². The molecule has 4 heteroatoms. The third-order valence-electron chi connectivity index (χ3n) is 8.39. The van der Waals surface area contributed by atoms with Crippen LogP contribution in [-0.4, -0.2) is 31.2 Å². The second-order valence-corrected chi connectivity index (χ2v) is 12.2. The standard InChI is InChI=1S/C23H35O2S.HI/c1-22-10-8-17(25-3)13-16(22)6-7-18-19(22)9-11-23(2)20(24)12-15(21(18)23)14-26(4)5;/h6,13,15,18-19,21H,7-12,14H2,1-5H3;1H/q+1;/p-1/t15-,18+,19-,21-,22-,23+;/m0./s1. The largest absolute Gasteiger partial charge is 1.00 e. The Hall–Kier alpha value is 0.0300. The zero-order valence-corrected chi connectivity index (χ0v) is 20.5. The number of ether oxygens (including phenoxy) is 1. The van der Waals surface area contributed by atoms with E-state index in [1.807, 2.05) is 0 Å². The lowest BCUT2D eigenvalue weighted by Crippen LogP contribution is -3.00. The topological polar surface area (TPSA) is 26.3 Å². The van der Waals surface area contributed by atoms with E-state index in [4.69, 9.17) is 4.74 Å². The molecule has 0 heterocycles. The molecule has 152 valence electrons. The summed E-state index contributed by atoms with van der Waals surface area (Å²) in [6, 6.07) is 0. The van der Waals surface area contributed by atoms with Crippen LogP contribution in [0.1, 0.15) is 52.4 Å². The Labute approximate surface area is 185 Å². The molecule has 0 saturated heterocycles. The normalized spacial score (nSPS) is 43.1. The van der Waals surface area contributed by atoms with Crippen molar-refractivity contribution in [1.29, 1.82) is 0 Å². The number of ketones is 1. The summed E-state index contributed by atoms with van der Waals surface area (Å²) in [5.74, 6) is 5.61. The van der Waals surface area contributed by atoms with Crippen LogP contribution in [-0.2, 0) is 20.4 Å². The minimum Gasteiger partial charge on any atom is -1.00 e. The van der Waals surface area contributed by atoms with Crippen LogP contribution in [0.3, 0.4) is 0 Å². The molecule has 0 N–H and O–H groups in total. The smallest absolute Gasteiger partial charge is 0.139 e. The predicted octanol–water partition coefficient (Wildman–Crippen LogP) is 1.77. The van der Waals surface area contributed by atoms with Crippen LogP contribution in [0.5, 0.6) is 0 Å². The fourth-order valence-electron chi connectivity index (χ4n) is 7.10. The molecule has 4 rings (SSSR count). The number of halogens is 1. The van der Waals surface area contributed by atoms with Crippen molar-refractivity contribution in [2.24, 2.45) is 34.5 Å². The van der Waals surface area contributed by atoms with E-state index in [2.05, 4.69) is 38.5 Å². The molecule has 2 fully saturated rings. The molecule has 0 radical (unpaired) electrons. The molecule has 0 aromatic heterocycles. The van der Waals surface area contributed by atoms with Crippen molar-refractivity contribution >= 4 is 16.7 Å². The second-order valence-electron chi connectivity index (χ2n) is 9.92. The Kier molecular flexibility index (Phi) is 6.20. The first kappa shape index (κ1) is 21.7. The van der Waals surface area contributed by atoms with Gasteiger partial charge in [-0.1, -0.05) is 19.9 Å². The summed E-state index contributed by atoms with van der Waals surface area (Å²) in [6.45, 7) is 4.81. The number of Topliss-reactive ketones (excluding diaryl/α,β-unsaturated/α-hetero) is 1. The van der Waals surface area contributed by atoms with Gasteiger partial charge in [-0.15, -0.1) is 0 Å². The lowest BCUT2D eigenvalue weighted by molar-refractivity contribution is -0.131. The van der Waals surface area contributed by atoms with Gasteiger partial charge in [-0.05, 0) is 71.4 Å². The van der Waals surface area contributed by atoms with Crippen molar-refractivity contribution in [1.82, 2.24) is 0 Å². The van der Waals surface area contributed by atoms with Gasteiger partial charge in [0.2, 0.25) is 0 Å². The van der Waals surface area contributed by atoms with E-state index in [0.29, 0.717) is 34.4 Å². The van der Waals surface area contributed by atoms with Crippen LogP contribution < -0.4 is 24.0 Å². The van der Waals surface area contributed by atoms with Gasteiger partial charge in [0, 0.05) is 24.2 Å². The molecule has 4 aliphatic rings. The fourth-order valence-corrected chi connectivity index (χ4v) is 8.28. The Bertz CT molecular complexity index is 669. The molecule has 0 spiro atoms. The van der Waals surface area contributed by atoms with Gasteiger partial charge in [-0.3, -0.25) is 4.79 Å². The molecule has 0 aromatic carbocycles. The number of fused-ring (bicyclic) bond motifs is 5. The summed E-state index contributed by atoms with van der Waals surface area (Å²) in [4.78, 5) is 13.0. The quantitative estimate of drug-likeness (QED) is 0.435. The molecule has 2 saturated carbocycles. The number of carbonyl (C=O) groups is 1. The van der Waals surface area contributed by atoms with Gasteiger partial charge < -0.3 is 28.7 Å². The summed E-state index contributed by atoms with van der Waals surface area (Å²) in [5.41, 5.74) is 1.74. The molecule has 0 aliphatic heterocycles. The van der Waals surface area contributed by atoms with E-state index < -0.39 is 0 Å². The van der Waals surface area contributed by atoms with Gasteiger partial charge in [-0.25, -0.2) is 0 Å². The van der Waals surface area contributed by atoms with E-state index >= 15 is 0 Å². The zero-order chi connectivity index (χ0) is 18.7. The van der Waals surface area contributed by atoms with Crippen molar-refractivity contribution < 1.29 is 33.5 Å². The Morgan fingerprint density at radius 3 is 2.63 bits per heavy atom. The van der Waals surface area contributed by atoms with Crippen molar-refractivity contribution in [3.63, 3.8) is 0 Å². The van der Waals surface area contributed by atoms with Crippen LogP contribution in [0.15, 0.2) is 23.5 Å². The maximum absolute atomic E-state index is 13.0. The molecule has 4 aliphatic carbocycles. The van der Waals surface area contributed by atoms with Gasteiger partial charge in [0.15, 0.2) is 0 Å². The van der Waals surface area contributed by atoms with E-state index in [1.54, 1.807) is 7.11 Å². The van der Waals surface area contributed by atoms with Crippen LogP contribution in [0.4, 0.5) is 0 Å². The van der Waals surface area contributed by atoms with Crippen molar-refractivity contribution in [3.05, 3.63) is 23.5 Å². The van der Waals surface area contributed by atoms with Crippen molar-refractivity contribution in [2.75, 3.05) is 25.4 Å². The average Bonchev–Trinajstić information content (AvgIpc) is 2.84. The highest BCUT2D eigenvalue weighted by molar-refractivity contribution is 7.95. The Balaban J connectivity index is 0.00000210. The van der Waals surface area contributed by atoms with Gasteiger partial charge in [-0.2, -0.15) is 0 Å². The molecular weight excluding hydrogens is 467 g/mol. The molecule has 0 bridgehead atoms. The van der Waals surface area contributed by atoms with Crippen LogP contribution in [0.2, 0.25) is 0 Å². The summed E-state index contributed by atoms with van der Waals surface area (Å²) in [6.07, 6.45) is 16.1. The second kappa shape index (κ2) is 7.70. The Morgan fingerprint density at radius 1 is 1.22 bits per heavy atom. The minimum absolute atomic E-state index is 0. The van der Waals surface area contributed by atoms with Gasteiger partial charge in [0.05, 0.1) is 25.4 Å². The highest BCUT2D eigenvalue weighted by Crippen LogP contribution is 2.65. The molecular formula is C23H35IO2S. The lowest BCUT2D eigenvalue weighted by Gasteiger charge is -2.56. The zero-order valence-electron chi connectivity index (χ0n) is 17.5.